The molecule has 1 amide bonds. The van der Waals surface area contributed by atoms with E-state index in [0.29, 0.717) is 24.0 Å². The van der Waals surface area contributed by atoms with Crippen LogP contribution in [-0.4, -0.2) is 54.2 Å². The highest BCUT2D eigenvalue weighted by Gasteiger charge is 2.67. The average Bonchev–Trinajstić information content (AvgIpc) is 3.47. The van der Waals surface area contributed by atoms with Gasteiger partial charge in [0, 0.05) is 43.2 Å². The molecule has 3 aliphatic carbocycles. The van der Waals surface area contributed by atoms with Gasteiger partial charge in [0.2, 0.25) is 0 Å². The number of aliphatic imine (C=N–C) groups is 1. The molecule has 35 heavy (non-hydrogen) atoms. The van der Waals surface area contributed by atoms with Crippen LogP contribution in [0.2, 0.25) is 0 Å². The summed E-state index contributed by atoms with van der Waals surface area (Å²) in [6.45, 7) is 2.47. The van der Waals surface area contributed by atoms with Gasteiger partial charge in [-0.1, -0.05) is 17.9 Å². The Morgan fingerprint density at radius 2 is 2.09 bits per heavy atom. The molecule has 6 nitrogen and oxygen atoms in total. The number of rotatable bonds is 4. The van der Waals surface area contributed by atoms with Gasteiger partial charge in [-0.25, -0.2) is 0 Å². The van der Waals surface area contributed by atoms with Crippen molar-refractivity contribution in [3.05, 3.63) is 34.9 Å². The summed E-state index contributed by atoms with van der Waals surface area (Å²) in [4.78, 5) is 20.6. The summed E-state index contributed by atoms with van der Waals surface area (Å²) in [7, 11) is 1.79. The standard InChI is InChI=1S/C28H33N3O3S/c1-18-17-29-24(34-18)11-14-31-25(32)28(30-26(31)35)23-15-20(6-5-19-3-4-19)7-8-21(23)16-27(28)12-9-22(33-2)10-13-27/h7-8,15,17-19,22,24H,3-4,9-14,16H2,1-2H3,(H,30,35). The van der Waals surface area contributed by atoms with E-state index in [0.717, 1.165) is 43.2 Å². The molecule has 0 bridgehead atoms. The molecular formula is C28H33N3O3S. The van der Waals surface area contributed by atoms with Gasteiger partial charge in [0.25, 0.3) is 5.91 Å². The largest absolute Gasteiger partial charge is 0.381 e. The fourth-order valence-electron chi connectivity index (χ4n) is 6.52. The van der Waals surface area contributed by atoms with Gasteiger partial charge in [-0.05, 0) is 87.3 Å². The molecule has 3 atom stereocenters. The third-order valence-corrected chi connectivity index (χ3v) is 8.92. The second kappa shape index (κ2) is 8.69. The van der Waals surface area contributed by atoms with Crippen molar-refractivity contribution in [2.24, 2.45) is 16.3 Å². The zero-order valence-corrected chi connectivity index (χ0v) is 21.3. The van der Waals surface area contributed by atoms with E-state index in [4.69, 9.17) is 21.7 Å². The number of amides is 1. The second-order valence-corrected chi connectivity index (χ2v) is 11.2. The number of hydrogen-bond acceptors (Lipinski definition) is 5. The molecule has 0 radical (unpaired) electrons. The Balaban J connectivity index is 1.35. The van der Waals surface area contributed by atoms with Crippen molar-refractivity contribution in [3.8, 4) is 11.8 Å². The van der Waals surface area contributed by atoms with E-state index >= 15 is 0 Å². The van der Waals surface area contributed by atoms with E-state index in [2.05, 4.69) is 40.3 Å². The molecule has 2 aliphatic heterocycles. The molecule has 3 fully saturated rings. The van der Waals surface area contributed by atoms with Gasteiger partial charge in [-0.15, -0.1) is 0 Å². The van der Waals surface area contributed by atoms with Gasteiger partial charge in [0.15, 0.2) is 16.9 Å². The van der Waals surface area contributed by atoms with E-state index in [-0.39, 0.29) is 29.8 Å². The predicted molar refractivity (Wildman–Crippen MR) is 138 cm³/mol. The van der Waals surface area contributed by atoms with Crippen LogP contribution in [0.4, 0.5) is 0 Å². The number of benzene rings is 1. The molecule has 1 aromatic rings. The predicted octanol–water partition coefficient (Wildman–Crippen LogP) is 3.70. The first kappa shape index (κ1) is 23.1. The molecule has 184 valence electrons. The summed E-state index contributed by atoms with van der Waals surface area (Å²) < 4.78 is 11.5. The molecule has 1 aromatic carbocycles. The van der Waals surface area contributed by atoms with Crippen LogP contribution in [0.3, 0.4) is 0 Å². The van der Waals surface area contributed by atoms with E-state index < -0.39 is 5.54 Å². The Bertz CT molecular complexity index is 1140. The first-order chi connectivity index (χ1) is 16.9. The van der Waals surface area contributed by atoms with Crippen LogP contribution in [0.15, 0.2) is 23.2 Å². The van der Waals surface area contributed by atoms with Gasteiger partial charge in [0.1, 0.15) is 0 Å². The van der Waals surface area contributed by atoms with Crippen LogP contribution in [-0.2, 0) is 26.2 Å². The summed E-state index contributed by atoms with van der Waals surface area (Å²) in [5.41, 5.74) is 2.22. The maximum absolute atomic E-state index is 14.4. The minimum absolute atomic E-state index is 0.0156. The number of methoxy groups -OCH3 is 1. The highest BCUT2D eigenvalue weighted by Crippen LogP contribution is 2.60. The van der Waals surface area contributed by atoms with E-state index in [1.54, 1.807) is 12.0 Å². The Morgan fingerprint density at radius 3 is 2.77 bits per heavy atom. The van der Waals surface area contributed by atoms with Crippen molar-refractivity contribution in [1.82, 2.24) is 10.2 Å². The van der Waals surface area contributed by atoms with Crippen molar-refractivity contribution in [2.75, 3.05) is 13.7 Å². The minimum atomic E-state index is -0.845. The molecule has 1 N–H and O–H groups in total. The van der Waals surface area contributed by atoms with Gasteiger partial charge >= 0.3 is 0 Å². The first-order valence-electron chi connectivity index (χ1n) is 12.9. The van der Waals surface area contributed by atoms with E-state index in [9.17, 15) is 4.79 Å². The van der Waals surface area contributed by atoms with Gasteiger partial charge in [-0.2, -0.15) is 0 Å². The van der Waals surface area contributed by atoms with E-state index in [1.165, 1.54) is 18.4 Å². The number of thiocarbonyl (C=S) groups is 1. The number of nitrogens with one attached hydrogen (secondary N) is 1. The number of nitrogens with zero attached hydrogens (tertiary/aromatic N) is 2. The van der Waals surface area contributed by atoms with Gasteiger partial charge in [-0.3, -0.25) is 14.7 Å². The second-order valence-electron chi connectivity index (χ2n) is 10.8. The smallest absolute Gasteiger partial charge is 0.259 e. The Morgan fingerprint density at radius 1 is 1.29 bits per heavy atom. The Kier molecular flexibility index (Phi) is 5.75. The number of carbonyl (C=O) groups is 1. The summed E-state index contributed by atoms with van der Waals surface area (Å²) in [6.07, 6.45) is 9.51. The van der Waals surface area contributed by atoms with Crippen LogP contribution in [0.5, 0.6) is 0 Å². The van der Waals surface area contributed by atoms with Crippen molar-refractivity contribution < 1.29 is 14.3 Å². The lowest BCUT2D eigenvalue weighted by atomic mass is 9.61. The fraction of sp³-hybridized carbons (Fsp3) is 0.607. The van der Waals surface area contributed by atoms with Crippen LogP contribution in [0.1, 0.15) is 68.6 Å². The molecular weight excluding hydrogens is 458 g/mol. The van der Waals surface area contributed by atoms with Crippen LogP contribution >= 0.6 is 12.2 Å². The van der Waals surface area contributed by atoms with Crippen molar-refractivity contribution in [1.29, 1.82) is 0 Å². The zero-order chi connectivity index (χ0) is 24.2. The lowest BCUT2D eigenvalue weighted by Gasteiger charge is -2.46. The molecule has 5 aliphatic rings. The normalized spacial score (nSPS) is 35.5. The summed E-state index contributed by atoms with van der Waals surface area (Å²) in [6, 6.07) is 6.47. The molecule has 2 heterocycles. The van der Waals surface area contributed by atoms with Crippen LogP contribution in [0, 0.1) is 23.2 Å². The molecule has 3 unspecified atom stereocenters. The lowest BCUT2D eigenvalue weighted by Crippen LogP contribution is -2.56. The summed E-state index contributed by atoms with van der Waals surface area (Å²) in [5.74, 6) is 7.34. The number of carbonyl (C=O) groups excluding carboxylic acids is 1. The van der Waals surface area contributed by atoms with Crippen molar-refractivity contribution >= 4 is 29.5 Å². The maximum Gasteiger partial charge on any atom is 0.259 e. The van der Waals surface area contributed by atoms with Crippen molar-refractivity contribution in [2.45, 2.75) is 82.3 Å². The highest BCUT2D eigenvalue weighted by molar-refractivity contribution is 7.80. The topological polar surface area (TPSA) is 63.2 Å². The summed E-state index contributed by atoms with van der Waals surface area (Å²) in [5, 5.41) is 4.12. The molecule has 7 heteroatoms. The Hall–Kier alpha value is -2.27. The maximum atomic E-state index is 14.4. The van der Waals surface area contributed by atoms with Crippen LogP contribution < -0.4 is 5.32 Å². The molecule has 2 saturated carbocycles. The number of ether oxygens (including phenoxy) is 2. The van der Waals surface area contributed by atoms with Crippen molar-refractivity contribution in [3.63, 3.8) is 0 Å². The third kappa shape index (κ3) is 3.82. The molecule has 1 saturated heterocycles. The lowest BCUT2D eigenvalue weighted by molar-refractivity contribution is -0.138. The average molecular weight is 492 g/mol. The van der Waals surface area contributed by atoms with Gasteiger partial charge in [0.05, 0.1) is 12.2 Å². The Labute approximate surface area is 212 Å². The SMILES string of the molecule is COC1CCC2(CC1)Cc1ccc(C#CC3CC3)cc1C21NC(=S)N(CCC2N=CC(C)O2)C1=O. The number of hydrogen-bond donors (Lipinski definition) is 1. The van der Waals surface area contributed by atoms with Crippen LogP contribution in [0.25, 0.3) is 0 Å². The molecule has 2 spiro atoms. The number of fused-ring (bicyclic) bond motifs is 3. The quantitative estimate of drug-likeness (QED) is 0.514. The monoisotopic (exact) mass is 491 g/mol. The van der Waals surface area contributed by atoms with Gasteiger partial charge < -0.3 is 14.8 Å². The molecule has 6 rings (SSSR count). The highest BCUT2D eigenvalue weighted by atomic mass is 32.1. The first-order valence-corrected chi connectivity index (χ1v) is 13.4. The zero-order valence-electron chi connectivity index (χ0n) is 20.5. The third-order valence-electron chi connectivity index (χ3n) is 8.60. The van der Waals surface area contributed by atoms with E-state index in [1.807, 2.05) is 13.1 Å². The summed E-state index contributed by atoms with van der Waals surface area (Å²) >= 11 is 5.81. The minimum Gasteiger partial charge on any atom is -0.381 e. The fourth-order valence-corrected chi connectivity index (χ4v) is 6.85. The molecule has 0 aromatic heterocycles.